The van der Waals surface area contributed by atoms with Gasteiger partial charge in [0.25, 0.3) is 11.8 Å². The lowest BCUT2D eigenvalue weighted by atomic mass is 10.1. The first-order chi connectivity index (χ1) is 12.9. The number of anilines is 1. The molecule has 1 heterocycles. The van der Waals surface area contributed by atoms with Crippen LogP contribution >= 0.6 is 0 Å². The van der Waals surface area contributed by atoms with E-state index >= 15 is 0 Å². The fourth-order valence-corrected chi connectivity index (χ4v) is 2.51. The molecule has 1 aliphatic rings. The van der Waals surface area contributed by atoms with E-state index in [0.717, 1.165) is 6.07 Å². The SMILES string of the molecule is COC(=O)c1ccc(/C=C2\C(=O)NC(=O)N(c3cccc(F)c3)C2=O)cc1. The third kappa shape index (κ3) is 3.59. The van der Waals surface area contributed by atoms with Gasteiger partial charge in [-0.15, -0.1) is 0 Å². The number of nitrogens with zero attached hydrogens (tertiary/aromatic N) is 1. The lowest BCUT2D eigenvalue weighted by Crippen LogP contribution is -2.54. The van der Waals surface area contributed by atoms with Crippen molar-refractivity contribution in [2.75, 3.05) is 12.0 Å². The first-order valence-electron chi connectivity index (χ1n) is 7.76. The van der Waals surface area contributed by atoms with Gasteiger partial charge in [-0.1, -0.05) is 18.2 Å². The van der Waals surface area contributed by atoms with Crippen LogP contribution < -0.4 is 10.2 Å². The fourth-order valence-electron chi connectivity index (χ4n) is 2.51. The van der Waals surface area contributed by atoms with Gasteiger partial charge in [0.15, 0.2) is 0 Å². The van der Waals surface area contributed by atoms with Gasteiger partial charge in [-0.05, 0) is 42.0 Å². The number of rotatable bonds is 3. The number of hydrogen-bond acceptors (Lipinski definition) is 5. The molecule has 7 nitrogen and oxygen atoms in total. The molecule has 27 heavy (non-hydrogen) atoms. The second-order valence-corrected chi connectivity index (χ2v) is 5.55. The molecule has 3 rings (SSSR count). The number of imide groups is 2. The summed E-state index contributed by atoms with van der Waals surface area (Å²) in [5.41, 5.74) is 0.451. The van der Waals surface area contributed by atoms with Crippen molar-refractivity contribution in [1.29, 1.82) is 0 Å². The number of esters is 1. The van der Waals surface area contributed by atoms with Gasteiger partial charge >= 0.3 is 12.0 Å². The molecule has 2 aromatic carbocycles. The Bertz CT molecular complexity index is 982. The van der Waals surface area contributed by atoms with Crippen LogP contribution in [-0.2, 0) is 14.3 Å². The van der Waals surface area contributed by atoms with E-state index in [1.54, 1.807) is 0 Å². The number of hydrogen-bond donors (Lipinski definition) is 1. The van der Waals surface area contributed by atoms with Gasteiger partial charge in [0.05, 0.1) is 18.4 Å². The van der Waals surface area contributed by atoms with Crippen LogP contribution in [0.1, 0.15) is 15.9 Å². The van der Waals surface area contributed by atoms with Crippen LogP contribution in [0, 0.1) is 5.82 Å². The molecule has 1 fully saturated rings. The summed E-state index contributed by atoms with van der Waals surface area (Å²) >= 11 is 0. The number of halogens is 1. The monoisotopic (exact) mass is 368 g/mol. The normalized spacial score (nSPS) is 15.7. The summed E-state index contributed by atoms with van der Waals surface area (Å²) in [6, 6.07) is 9.91. The lowest BCUT2D eigenvalue weighted by Gasteiger charge is -2.26. The van der Waals surface area contributed by atoms with Crippen molar-refractivity contribution >= 4 is 35.6 Å². The molecule has 8 heteroatoms. The Kier molecular flexibility index (Phi) is 4.80. The number of ether oxygens (including phenoxy) is 1. The third-order valence-electron chi connectivity index (χ3n) is 3.81. The van der Waals surface area contributed by atoms with Crippen LogP contribution in [-0.4, -0.2) is 30.9 Å². The van der Waals surface area contributed by atoms with Crippen molar-refractivity contribution < 1.29 is 28.3 Å². The molecule has 0 aliphatic carbocycles. The predicted octanol–water partition coefficient (Wildman–Crippen LogP) is 2.28. The molecule has 1 aliphatic heterocycles. The number of carbonyl (C=O) groups is 4. The minimum atomic E-state index is -0.964. The largest absolute Gasteiger partial charge is 0.465 e. The highest BCUT2D eigenvalue weighted by Crippen LogP contribution is 2.22. The molecule has 4 amide bonds. The maximum Gasteiger partial charge on any atom is 0.337 e. The number of methoxy groups -OCH3 is 1. The minimum Gasteiger partial charge on any atom is -0.465 e. The Morgan fingerprint density at radius 1 is 1.11 bits per heavy atom. The van der Waals surface area contributed by atoms with Gasteiger partial charge in [0.2, 0.25) is 0 Å². The first kappa shape index (κ1) is 18.0. The van der Waals surface area contributed by atoms with E-state index in [9.17, 15) is 23.6 Å². The maximum absolute atomic E-state index is 13.4. The summed E-state index contributed by atoms with van der Waals surface area (Å²) in [5.74, 6) is -2.90. The zero-order chi connectivity index (χ0) is 19.6. The van der Waals surface area contributed by atoms with E-state index in [4.69, 9.17) is 0 Å². The van der Waals surface area contributed by atoms with Crippen LogP contribution in [0.2, 0.25) is 0 Å². The number of nitrogens with one attached hydrogen (secondary N) is 1. The van der Waals surface area contributed by atoms with Gasteiger partial charge in [-0.3, -0.25) is 14.9 Å². The van der Waals surface area contributed by atoms with Crippen LogP contribution in [0.5, 0.6) is 0 Å². The average molecular weight is 368 g/mol. The fraction of sp³-hybridized carbons (Fsp3) is 0.0526. The lowest BCUT2D eigenvalue weighted by molar-refractivity contribution is -0.122. The molecule has 0 radical (unpaired) electrons. The Morgan fingerprint density at radius 3 is 2.44 bits per heavy atom. The van der Waals surface area contributed by atoms with E-state index in [-0.39, 0.29) is 11.3 Å². The summed E-state index contributed by atoms with van der Waals surface area (Å²) < 4.78 is 18.0. The Hall–Kier alpha value is -3.81. The van der Waals surface area contributed by atoms with Crippen molar-refractivity contribution in [2.45, 2.75) is 0 Å². The zero-order valence-corrected chi connectivity index (χ0v) is 14.1. The molecule has 0 saturated carbocycles. The molecule has 1 saturated heterocycles. The van der Waals surface area contributed by atoms with Gasteiger partial charge in [0, 0.05) is 0 Å². The highest BCUT2D eigenvalue weighted by atomic mass is 19.1. The van der Waals surface area contributed by atoms with Gasteiger partial charge in [-0.2, -0.15) is 0 Å². The van der Waals surface area contributed by atoms with Crippen molar-refractivity contribution in [3.8, 4) is 0 Å². The highest BCUT2D eigenvalue weighted by molar-refractivity contribution is 6.39. The molecular weight excluding hydrogens is 355 g/mol. The molecule has 0 atom stereocenters. The second-order valence-electron chi connectivity index (χ2n) is 5.55. The molecule has 2 aromatic rings. The summed E-state index contributed by atoms with van der Waals surface area (Å²) in [7, 11) is 1.25. The molecule has 0 aromatic heterocycles. The summed E-state index contributed by atoms with van der Waals surface area (Å²) in [5, 5.41) is 2.05. The summed E-state index contributed by atoms with van der Waals surface area (Å²) in [6.07, 6.45) is 1.28. The van der Waals surface area contributed by atoms with Gasteiger partial charge < -0.3 is 4.74 Å². The number of amides is 4. The molecule has 0 bridgehead atoms. The van der Waals surface area contributed by atoms with Crippen LogP contribution in [0.15, 0.2) is 54.1 Å². The number of benzene rings is 2. The van der Waals surface area contributed by atoms with Gasteiger partial charge in [0.1, 0.15) is 11.4 Å². The number of urea groups is 1. The van der Waals surface area contributed by atoms with Crippen molar-refractivity contribution in [3.05, 3.63) is 71.0 Å². The minimum absolute atomic E-state index is 0.00283. The maximum atomic E-state index is 13.4. The molecule has 1 N–H and O–H groups in total. The Balaban J connectivity index is 1.95. The smallest absolute Gasteiger partial charge is 0.337 e. The molecule has 0 spiro atoms. The first-order valence-corrected chi connectivity index (χ1v) is 7.76. The predicted molar refractivity (Wildman–Crippen MR) is 93.2 cm³/mol. The van der Waals surface area contributed by atoms with Crippen LogP contribution in [0.3, 0.4) is 0 Å². The summed E-state index contributed by atoms with van der Waals surface area (Å²) in [6.45, 7) is 0. The van der Waals surface area contributed by atoms with E-state index in [1.807, 2.05) is 5.32 Å². The number of barbiturate groups is 1. The number of carbonyl (C=O) groups excluding carboxylic acids is 4. The van der Waals surface area contributed by atoms with Crippen molar-refractivity contribution in [1.82, 2.24) is 5.32 Å². The molecule has 136 valence electrons. The third-order valence-corrected chi connectivity index (χ3v) is 3.81. The molecular formula is C19H13FN2O5. The highest BCUT2D eigenvalue weighted by Gasteiger charge is 2.36. The van der Waals surface area contributed by atoms with Crippen molar-refractivity contribution in [2.24, 2.45) is 0 Å². The van der Waals surface area contributed by atoms with E-state index < -0.39 is 29.6 Å². The van der Waals surface area contributed by atoms with Crippen molar-refractivity contribution in [3.63, 3.8) is 0 Å². The van der Waals surface area contributed by atoms with Crippen LogP contribution in [0.4, 0.5) is 14.9 Å². The summed E-state index contributed by atoms with van der Waals surface area (Å²) in [4.78, 5) is 48.9. The van der Waals surface area contributed by atoms with E-state index in [0.29, 0.717) is 16.0 Å². The quantitative estimate of drug-likeness (QED) is 0.510. The molecule has 0 unspecified atom stereocenters. The van der Waals surface area contributed by atoms with Crippen LogP contribution in [0.25, 0.3) is 6.08 Å². The van der Waals surface area contributed by atoms with E-state index in [1.165, 1.54) is 55.7 Å². The van der Waals surface area contributed by atoms with E-state index in [2.05, 4.69) is 4.74 Å². The topological polar surface area (TPSA) is 92.8 Å². The Morgan fingerprint density at radius 2 is 1.81 bits per heavy atom. The zero-order valence-electron chi connectivity index (χ0n) is 14.1. The Labute approximate surface area is 153 Å². The standard InChI is InChI=1S/C19H13FN2O5/c1-27-18(25)12-7-5-11(6-8-12)9-15-16(23)21-19(26)22(17(15)24)14-4-2-3-13(20)10-14/h2-10H,1H3,(H,21,23,26)/b15-9+. The second kappa shape index (κ2) is 7.20. The average Bonchev–Trinajstić information content (AvgIpc) is 2.65. The van der Waals surface area contributed by atoms with Gasteiger partial charge in [-0.25, -0.2) is 18.9 Å².